The molecule has 3 aromatic heterocycles. The highest BCUT2D eigenvalue weighted by molar-refractivity contribution is 5.75. The smallest absolute Gasteiger partial charge is 0.306 e. The van der Waals surface area contributed by atoms with Gasteiger partial charge in [-0.05, 0) is 30.7 Å². The van der Waals surface area contributed by atoms with Crippen LogP contribution in [0.4, 0.5) is 0 Å². The Kier molecular flexibility index (Phi) is 6.31. The second-order valence-corrected chi connectivity index (χ2v) is 7.65. The van der Waals surface area contributed by atoms with Crippen LogP contribution in [0.2, 0.25) is 0 Å². The molecule has 0 saturated carbocycles. The normalized spacial score (nSPS) is 11.0. The van der Waals surface area contributed by atoms with Gasteiger partial charge in [0, 0.05) is 30.9 Å². The highest BCUT2D eigenvalue weighted by Crippen LogP contribution is 2.19. The molecule has 0 unspecified atom stereocenters. The highest BCUT2D eigenvalue weighted by atomic mass is 16.5. The fourth-order valence-corrected chi connectivity index (χ4v) is 3.81. The van der Waals surface area contributed by atoms with Gasteiger partial charge in [-0.1, -0.05) is 31.5 Å². The van der Waals surface area contributed by atoms with E-state index in [4.69, 9.17) is 4.74 Å². The lowest BCUT2D eigenvalue weighted by Gasteiger charge is -2.12. The molecule has 0 amide bonds. The van der Waals surface area contributed by atoms with Crippen LogP contribution in [-0.2, 0) is 29.1 Å². The first kappa shape index (κ1) is 21.3. The zero-order valence-corrected chi connectivity index (χ0v) is 18.0. The monoisotopic (exact) mass is 428 g/mol. The quantitative estimate of drug-likeness (QED) is 0.396. The zero-order valence-electron chi connectivity index (χ0n) is 18.0. The van der Waals surface area contributed by atoms with Crippen LogP contribution in [0.25, 0.3) is 16.6 Å². The van der Waals surface area contributed by atoms with Crippen LogP contribution in [0.1, 0.15) is 43.0 Å². The van der Waals surface area contributed by atoms with E-state index in [0.29, 0.717) is 23.4 Å². The maximum absolute atomic E-state index is 13.0. The summed E-state index contributed by atoms with van der Waals surface area (Å²) in [5, 5.41) is 9.48. The van der Waals surface area contributed by atoms with E-state index in [1.165, 1.54) is 0 Å². The number of para-hydroxylation sites is 2. The Bertz CT molecular complexity index is 1380. The summed E-state index contributed by atoms with van der Waals surface area (Å²) in [6, 6.07) is 15.3. The SMILES string of the molecule is CCCCn1c(=O)c(CCC(=O)OCc2cn3ccccc3c2C#N)nc2ccccc21. The summed E-state index contributed by atoms with van der Waals surface area (Å²) < 4.78 is 8.99. The molecule has 0 N–H and O–H groups in total. The van der Waals surface area contributed by atoms with Crippen LogP contribution in [0.3, 0.4) is 0 Å². The number of aryl methyl sites for hydroxylation is 2. The number of hydrogen-bond acceptors (Lipinski definition) is 5. The second-order valence-electron chi connectivity index (χ2n) is 7.65. The van der Waals surface area contributed by atoms with Gasteiger partial charge in [0.05, 0.1) is 28.5 Å². The van der Waals surface area contributed by atoms with Crippen molar-refractivity contribution in [3.63, 3.8) is 0 Å². The molecule has 32 heavy (non-hydrogen) atoms. The molecule has 162 valence electrons. The maximum atomic E-state index is 13.0. The topological polar surface area (TPSA) is 89.4 Å². The fraction of sp³-hybridized carbons (Fsp3) is 0.280. The van der Waals surface area contributed by atoms with Gasteiger partial charge in [-0.25, -0.2) is 4.98 Å². The third-order valence-corrected chi connectivity index (χ3v) is 5.48. The first-order chi connectivity index (χ1) is 15.6. The summed E-state index contributed by atoms with van der Waals surface area (Å²) in [5.74, 6) is -0.432. The van der Waals surface area contributed by atoms with Crippen LogP contribution >= 0.6 is 0 Å². The molecular formula is C25H24N4O3. The largest absolute Gasteiger partial charge is 0.461 e. The molecule has 0 fully saturated rings. The average Bonchev–Trinajstić information content (AvgIpc) is 3.18. The molecule has 0 aliphatic carbocycles. The van der Waals surface area contributed by atoms with E-state index in [9.17, 15) is 14.9 Å². The molecule has 7 nitrogen and oxygen atoms in total. The van der Waals surface area contributed by atoms with Crippen LogP contribution in [0, 0.1) is 11.3 Å². The number of rotatable bonds is 8. The van der Waals surface area contributed by atoms with Gasteiger partial charge in [0.1, 0.15) is 18.4 Å². The number of carbonyl (C=O) groups excluding carboxylic acids is 1. The lowest BCUT2D eigenvalue weighted by atomic mass is 10.2. The van der Waals surface area contributed by atoms with Crippen molar-refractivity contribution < 1.29 is 9.53 Å². The highest BCUT2D eigenvalue weighted by Gasteiger charge is 2.15. The molecule has 0 bridgehead atoms. The number of fused-ring (bicyclic) bond motifs is 2. The molecule has 0 radical (unpaired) electrons. The number of pyridine rings is 1. The average molecular weight is 428 g/mol. The zero-order chi connectivity index (χ0) is 22.5. The summed E-state index contributed by atoms with van der Waals surface area (Å²) in [7, 11) is 0. The molecule has 0 aliphatic heterocycles. The van der Waals surface area contributed by atoms with Gasteiger partial charge in [-0.2, -0.15) is 5.26 Å². The molecule has 4 aromatic rings. The minimum absolute atomic E-state index is 0.00921. The van der Waals surface area contributed by atoms with E-state index in [0.717, 1.165) is 29.4 Å². The third-order valence-electron chi connectivity index (χ3n) is 5.48. The van der Waals surface area contributed by atoms with Gasteiger partial charge in [-0.15, -0.1) is 0 Å². The number of aromatic nitrogens is 3. The van der Waals surface area contributed by atoms with Crippen molar-refractivity contribution in [1.82, 2.24) is 14.0 Å². The predicted octanol–water partition coefficient (Wildman–Crippen LogP) is 4.00. The molecule has 1 aromatic carbocycles. The van der Waals surface area contributed by atoms with Crippen LogP contribution < -0.4 is 5.56 Å². The van der Waals surface area contributed by atoms with Gasteiger partial charge in [0.15, 0.2) is 0 Å². The molecule has 3 heterocycles. The van der Waals surface area contributed by atoms with Crippen LogP contribution in [-0.4, -0.2) is 19.9 Å². The summed E-state index contributed by atoms with van der Waals surface area (Å²) in [5.41, 5.74) is 3.67. The van der Waals surface area contributed by atoms with Crippen molar-refractivity contribution >= 4 is 22.5 Å². The Morgan fingerprint density at radius 3 is 2.75 bits per heavy atom. The van der Waals surface area contributed by atoms with Crippen molar-refractivity contribution in [2.24, 2.45) is 0 Å². The minimum Gasteiger partial charge on any atom is -0.461 e. The Balaban J connectivity index is 1.47. The Labute approximate surface area is 185 Å². The minimum atomic E-state index is -0.432. The predicted molar refractivity (Wildman–Crippen MR) is 121 cm³/mol. The first-order valence-corrected chi connectivity index (χ1v) is 10.7. The Morgan fingerprint density at radius 1 is 1.16 bits per heavy atom. The number of esters is 1. The second kappa shape index (κ2) is 9.48. The first-order valence-electron chi connectivity index (χ1n) is 10.7. The van der Waals surface area contributed by atoms with Gasteiger partial charge in [-0.3, -0.25) is 9.59 Å². The van der Waals surface area contributed by atoms with Crippen molar-refractivity contribution in [2.45, 2.75) is 45.8 Å². The number of carbonyl (C=O) groups is 1. The number of benzene rings is 1. The van der Waals surface area contributed by atoms with E-state index in [-0.39, 0.29) is 25.0 Å². The van der Waals surface area contributed by atoms with Gasteiger partial charge >= 0.3 is 5.97 Å². The van der Waals surface area contributed by atoms with Gasteiger partial charge in [0.25, 0.3) is 5.56 Å². The summed E-state index contributed by atoms with van der Waals surface area (Å²) in [6.45, 7) is 2.71. The lowest BCUT2D eigenvalue weighted by Crippen LogP contribution is -2.26. The van der Waals surface area contributed by atoms with Crippen LogP contribution in [0.15, 0.2) is 59.7 Å². The van der Waals surface area contributed by atoms with Crippen molar-refractivity contribution in [3.05, 3.63) is 82.0 Å². The van der Waals surface area contributed by atoms with Crippen molar-refractivity contribution in [3.8, 4) is 6.07 Å². The maximum Gasteiger partial charge on any atom is 0.306 e. The van der Waals surface area contributed by atoms with Crippen LogP contribution in [0.5, 0.6) is 0 Å². The summed E-state index contributed by atoms with van der Waals surface area (Å²) >= 11 is 0. The number of ether oxygens (including phenoxy) is 1. The van der Waals surface area contributed by atoms with E-state index in [1.54, 1.807) is 10.8 Å². The summed E-state index contributed by atoms with van der Waals surface area (Å²) in [4.78, 5) is 29.9. The van der Waals surface area contributed by atoms with Crippen molar-refractivity contribution in [1.29, 1.82) is 5.26 Å². The number of hydrogen-bond donors (Lipinski definition) is 0. The third kappa shape index (κ3) is 4.26. The molecule has 0 spiro atoms. The van der Waals surface area contributed by atoms with E-state index in [1.807, 2.05) is 53.1 Å². The Morgan fingerprint density at radius 2 is 1.94 bits per heavy atom. The lowest BCUT2D eigenvalue weighted by molar-refractivity contribution is -0.144. The number of nitriles is 1. The Hall–Kier alpha value is -3.92. The van der Waals surface area contributed by atoms with E-state index in [2.05, 4.69) is 18.0 Å². The fourth-order valence-electron chi connectivity index (χ4n) is 3.81. The van der Waals surface area contributed by atoms with E-state index >= 15 is 0 Å². The summed E-state index contributed by atoms with van der Waals surface area (Å²) in [6.07, 6.45) is 5.75. The molecule has 0 aliphatic rings. The number of unbranched alkanes of at least 4 members (excludes halogenated alkanes) is 1. The molecular weight excluding hydrogens is 404 g/mol. The molecule has 0 atom stereocenters. The number of nitrogens with zero attached hydrogens (tertiary/aromatic N) is 4. The standard InChI is InChI=1S/C25H24N4O3/c1-2-3-14-29-23-10-5-4-8-20(23)27-21(25(29)31)11-12-24(30)32-17-18-16-28-13-7-6-9-22(28)19(18)15-26/h4-10,13,16H,2-3,11-12,14,17H2,1H3. The van der Waals surface area contributed by atoms with E-state index < -0.39 is 5.97 Å². The molecule has 0 saturated heterocycles. The van der Waals surface area contributed by atoms with Crippen molar-refractivity contribution in [2.75, 3.05) is 0 Å². The van der Waals surface area contributed by atoms with Gasteiger partial charge in [0.2, 0.25) is 0 Å². The molecule has 4 rings (SSSR count). The molecule has 7 heteroatoms. The van der Waals surface area contributed by atoms with Gasteiger partial charge < -0.3 is 13.7 Å².